The topological polar surface area (TPSA) is 134 Å². The van der Waals surface area contributed by atoms with Crippen LogP contribution in [0.2, 0.25) is 0 Å². The van der Waals surface area contributed by atoms with Crippen molar-refractivity contribution in [2.75, 3.05) is 11.6 Å². The number of hydrogen-bond acceptors (Lipinski definition) is 6. The van der Waals surface area contributed by atoms with E-state index in [1.165, 1.54) is 0 Å². The molecule has 0 aromatic carbocycles. The molecule has 2 amide bonds. The van der Waals surface area contributed by atoms with E-state index >= 15 is 0 Å². The third kappa shape index (κ3) is 9.99. The highest BCUT2D eigenvalue weighted by molar-refractivity contribution is 7.85. The molecule has 0 bridgehead atoms. The summed E-state index contributed by atoms with van der Waals surface area (Å²) in [6, 6.07) is 4.98. The monoisotopic (exact) mass is 367 g/mol. The van der Waals surface area contributed by atoms with Gasteiger partial charge in [-0.1, -0.05) is 0 Å². The van der Waals surface area contributed by atoms with Gasteiger partial charge >= 0.3 is 6.03 Å². The van der Waals surface area contributed by atoms with E-state index in [0.717, 1.165) is 5.56 Å². The van der Waals surface area contributed by atoms with Gasteiger partial charge < -0.3 is 5.32 Å². The average molecular weight is 367 g/mol. The van der Waals surface area contributed by atoms with Gasteiger partial charge in [-0.05, 0) is 39.0 Å². The van der Waals surface area contributed by atoms with Crippen molar-refractivity contribution in [2.24, 2.45) is 0 Å². The molecule has 0 radical (unpaired) electrons. The molecule has 3 N–H and O–H groups in total. The summed E-state index contributed by atoms with van der Waals surface area (Å²) in [5.74, 6) is 0.995. The molecule has 0 saturated carbocycles. The first-order chi connectivity index (χ1) is 11.4. The van der Waals surface area contributed by atoms with Crippen molar-refractivity contribution < 1.29 is 17.8 Å². The van der Waals surface area contributed by atoms with E-state index in [0.29, 0.717) is 17.9 Å². The number of nitrogens with one attached hydrogen (secondary N) is 2. The summed E-state index contributed by atoms with van der Waals surface area (Å²) in [6.07, 6.45) is 5.67. The number of pyridine rings is 1. The molecular weight excluding hydrogens is 346 g/mol. The van der Waals surface area contributed by atoms with Gasteiger partial charge in [0.15, 0.2) is 5.82 Å². The lowest BCUT2D eigenvalue weighted by molar-refractivity contribution is 0.243. The maximum Gasteiger partial charge on any atom is 0.320 e. The molecule has 0 aliphatic rings. The Bertz CT molecular complexity index is 796. The molecule has 0 aliphatic heterocycles. The van der Waals surface area contributed by atoms with Crippen LogP contribution < -0.4 is 10.6 Å². The molecule has 0 fully saturated rings. The van der Waals surface area contributed by atoms with E-state index in [1.54, 1.807) is 24.7 Å². The van der Waals surface area contributed by atoms with Crippen molar-refractivity contribution in [3.8, 4) is 11.4 Å². The van der Waals surface area contributed by atoms with Crippen LogP contribution in [0.3, 0.4) is 0 Å². The summed E-state index contributed by atoms with van der Waals surface area (Å²) in [4.78, 5) is 24.2. The van der Waals surface area contributed by atoms with Crippen LogP contribution in [0, 0.1) is 0 Å². The second-order valence-electron chi connectivity index (χ2n) is 6.06. The van der Waals surface area contributed by atoms with Crippen LogP contribution in [0.1, 0.15) is 20.8 Å². The lowest BCUT2D eigenvalue weighted by Gasteiger charge is -2.20. The molecule has 0 saturated heterocycles. The predicted octanol–water partition coefficient (Wildman–Crippen LogP) is 1.96. The zero-order chi connectivity index (χ0) is 19.1. The summed E-state index contributed by atoms with van der Waals surface area (Å²) in [6.45, 7) is 5.73. The minimum atomic E-state index is -3.67. The van der Waals surface area contributed by atoms with Crippen LogP contribution >= 0.6 is 0 Å². The van der Waals surface area contributed by atoms with Crippen molar-refractivity contribution in [3.05, 3.63) is 36.8 Å². The Morgan fingerprint density at radius 2 is 1.68 bits per heavy atom. The molecule has 2 aromatic rings. The van der Waals surface area contributed by atoms with E-state index in [4.69, 9.17) is 4.55 Å². The number of aromatic nitrogens is 3. The Morgan fingerprint density at radius 1 is 1.12 bits per heavy atom. The molecule has 2 rings (SSSR count). The highest BCUT2D eigenvalue weighted by Crippen LogP contribution is 2.14. The molecule has 0 atom stereocenters. The van der Waals surface area contributed by atoms with Gasteiger partial charge in [-0.2, -0.15) is 8.42 Å². The Labute approximate surface area is 146 Å². The lowest BCUT2D eigenvalue weighted by Crippen LogP contribution is -2.43. The Morgan fingerprint density at radius 3 is 2.20 bits per heavy atom. The SMILES string of the molecule is CC(C)(C)NC(=O)Nc1ccnc(-c2ccncc2)n1.CS(=O)(=O)O. The quantitative estimate of drug-likeness (QED) is 0.691. The van der Waals surface area contributed by atoms with E-state index in [2.05, 4.69) is 25.6 Å². The molecule has 9 nitrogen and oxygen atoms in total. The zero-order valence-electron chi connectivity index (χ0n) is 14.4. The molecule has 0 aliphatic carbocycles. The number of rotatable bonds is 2. The highest BCUT2D eigenvalue weighted by atomic mass is 32.2. The van der Waals surface area contributed by atoms with Crippen molar-refractivity contribution in [3.63, 3.8) is 0 Å². The fourth-order valence-electron chi connectivity index (χ4n) is 1.56. The van der Waals surface area contributed by atoms with Crippen LogP contribution in [0.15, 0.2) is 36.8 Å². The Hall–Kier alpha value is -2.59. The van der Waals surface area contributed by atoms with Gasteiger partial charge in [-0.3, -0.25) is 14.9 Å². The van der Waals surface area contributed by atoms with Crippen molar-refractivity contribution >= 4 is 22.0 Å². The molecule has 0 spiro atoms. The first kappa shape index (κ1) is 20.5. The summed E-state index contributed by atoms with van der Waals surface area (Å²) in [5.41, 5.74) is 0.547. The van der Waals surface area contributed by atoms with Gasteiger partial charge in [0.2, 0.25) is 0 Å². The van der Waals surface area contributed by atoms with E-state index in [9.17, 15) is 13.2 Å². The lowest BCUT2D eigenvalue weighted by atomic mass is 10.1. The van der Waals surface area contributed by atoms with Gasteiger partial charge in [0.25, 0.3) is 10.1 Å². The smallest absolute Gasteiger partial charge is 0.320 e. The van der Waals surface area contributed by atoms with Crippen molar-refractivity contribution in [2.45, 2.75) is 26.3 Å². The number of anilines is 1. The van der Waals surface area contributed by atoms with Gasteiger partial charge in [-0.25, -0.2) is 14.8 Å². The van der Waals surface area contributed by atoms with Crippen molar-refractivity contribution in [1.29, 1.82) is 0 Å². The molecule has 2 heterocycles. The molecule has 25 heavy (non-hydrogen) atoms. The van der Waals surface area contributed by atoms with E-state index in [1.807, 2.05) is 32.9 Å². The predicted molar refractivity (Wildman–Crippen MR) is 94.6 cm³/mol. The molecule has 0 unspecified atom stereocenters. The second kappa shape index (κ2) is 8.49. The maximum atomic E-state index is 11.8. The van der Waals surface area contributed by atoms with Crippen LogP contribution in [0.5, 0.6) is 0 Å². The average Bonchev–Trinajstić information content (AvgIpc) is 2.44. The number of carbonyl (C=O) groups excluding carboxylic acids is 1. The third-order valence-electron chi connectivity index (χ3n) is 2.32. The van der Waals surface area contributed by atoms with Crippen LogP contribution in [-0.2, 0) is 10.1 Å². The number of nitrogens with zero attached hydrogens (tertiary/aromatic N) is 3. The van der Waals surface area contributed by atoms with Gasteiger partial charge in [0.05, 0.1) is 6.26 Å². The summed E-state index contributed by atoms with van der Waals surface area (Å²) < 4.78 is 25.9. The first-order valence-electron chi connectivity index (χ1n) is 7.19. The second-order valence-corrected chi connectivity index (χ2v) is 7.53. The standard InChI is InChI=1S/C14H17N5O.CH4O3S/c1-14(2,3)19-13(20)18-11-6-9-16-12(17-11)10-4-7-15-8-5-10;1-5(2,3)4/h4-9H,1-3H3,(H2,16,17,18,19,20);1H3,(H,2,3,4). The number of carbonyl (C=O) groups is 1. The minimum absolute atomic E-state index is 0.295. The molecule has 136 valence electrons. The molecular formula is C15H21N5O4S. The zero-order valence-corrected chi connectivity index (χ0v) is 15.2. The van der Waals surface area contributed by atoms with E-state index in [-0.39, 0.29) is 11.6 Å². The van der Waals surface area contributed by atoms with Crippen LogP contribution in [-0.4, -0.2) is 45.7 Å². The number of hydrogen-bond donors (Lipinski definition) is 3. The third-order valence-corrected chi connectivity index (χ3v) is 2.32. The number of urea groups is 1. The summed E-state index contributed by atoms with van der Waals surface area (Å²) in [7, 11) is -3.67. The summed E-state index contributed by atoms with van der Waals surface area (Å²) in [5, 5.41) is 5.50. The highest BCUT2D eigenvalue weighted by Gasteiger charge is 2.14. The van der Waals surface area contributed by atoms with Crippen molar-refractivity contribution in [1.82, 2.24) is 20.3 Å². The van der Waals surface area contributed by atoms with Gasteiger partial charge in [0, 0.05) is 29.7 Å². The van der Waals surface area contributed by atoms with Gasteiger partial charge in [-0.15, -0.1) is 0 Å². The summed E-state index contributed by atoms with van der Waals surface area (Å²) >= 11 is 0. The van der Waals surface area contributed by atoms with Gasteiger partial charge in [0.1, 0.15) is 5.82 Å². The first-order valence-corrected chi connectivity index (χ1v) is 9.04. The maximum absolute atomic E-state index is 11.8. The minimum Gasteiger partial charge on any atom is -0.333 e. The molecule has 2 aromatic heterocycles. The number of amides is 2. The fourth-order valence-corrected chi connectivity index (χ4v) is 1.56. The van der Waals surface area contributed by atoms with E-state index < -0.39 is 10.1 Å². The Kier molecular flexibility index (Phi) is 6.95. The fraction of sp³-hybridized carbons (Fsp3) is 0.333. The Balaban J connectivity index is 0.000000550. The largest absolute Gasteiger partial charge is 0.333 e. The normalized spacial score (nSPS) is 11.1. The van der Waals surface area contributed by atoms with Crippen LogP contribution in [0.25, 0.3) is 11.4 Å². The molecule has 10 heteroatoms. The van der Waals surface area contributed by atoms with Crippen LogP contribution in [0.4, 0.5) is 10.6 Å².